The number of nitrogens with one attached hydrogen (secondary N) is 1. The molecule has 8 nitrogen and oxygen atoms in total. The van der Waals surface area contributed by atoms with E-state index in [1.807, 2.05) is 13.0 Å². The Labute approximate surface area is 136 Å². The number of aryl methyl sites for hydroxylation is 2. The van der Waals surface area contributed by atoms with Gasteiger partial charge in [0.2, 0.25) is 0 Å². The number of esters is 1. The summed E-state index contributed by atoms with van der Waals surface area (Å²) in [6.07, 6.45) is 1.70. The highest BCUT2D eigenvalue weighted by molar-refractivity contribution is 5.99. The van der Waals surface area contributed by atoms with Gasteiger partial charge >= 0.3 is 5.97 Å². The van der Waals surface area contributed by atoms with E-state index < -0.39 is 11.9 Å². The van der Waals surface area contributed by atoms with Crippen LogP contribution in [-0.4, -0.2) is 39.5 Å². The number of rotatable bonds is 3. The highest BCUT2D eigenvalue weighted by atomic mass is 16.5. The van der Waals surface area contributed by atoms with Crippen LogP contribution in [0.3, 0.4) is 0 Å². The summed E-state index contributed by atoms with van der Waals surface area (Å²) in [7, 11) is 2.89. The van der Waals surface area contributed by atoms with E-state index in [1.165, 1.54) is 22.1 Å². The van der Waals surface area contributed by atoms with Crippen molar-refractivity contribution in [1.82, 2.24) is 19.3 Å². The predicted molar refractivity (Wildman–Crippen MR) is 87.0 cm³/mol. The van der Waals surface area contributed by atoms with Crippen LogP contribution in [0.1, 0.15) is 16.1 Å². The predicted octanol–water partition coefficient (Wildman–Crippen LogP) is 0.397. The molecule has 0 aliphatic heterocycles. The molecule has 8 heteroatoms. The van der Waals surface area contributed by atoms with E-state index in [2.05, 4.69) is 15.0 Å². The van der Waals surface area contributed by atoms with Crippen LogP contribution >= 0.6 is 0 Å². The lowest BCUT2D eigenvalue weighted by Gasteiger charge is -2.05. The van der Waals surface area contributed by atoms with E-state index in [1.54, 1.807) is 19.3 Å². The lowest BCUT2D eigenvalue weighted by Crippen LogP contribution is -2.31. The molecule has 0 unspecified atom stereocenters. The second-order valence-electron chi connectivity index (χ2n) is 5.44. The summed E-state index contributed by atoms with van der Waals surface area (Å²) in [4.78, 5) is 40.5. The molecule has 0 saturated heterocycles. The molecule has 0 aliphatic carbocycles. The number of ether oxygens (including phenoxy) is 1. The van der Waals surface area contributed by atoms with Gasteiger partial charge in [0.05, 0.1) is 12.5 Å². The summed E-state index contributed by atoms with van der Waals surface area (Å²) in [6.45, 7) is 1.64. The fourth-order valence-corrected chi connectivity index (χ4v) is 2.51. The fraction of sp³-hybridized carbons (Fsp3) is 0.250. The second-order valence-corrected chi connectivity index (χ2v) is 5.44. The topological polar surface area (TPSA) is 94.7 Å². The van der Waals surface area contributed by atoms with Crippen molar-refractivity contribution >= 4 is 28.6 Å². The summed E-state index contributed by atoms with van der Waals surface area (Å²) in [5.41, 5.74) is 1.83. The molecule has 0 saturated carbocycles. The molecule has 124 valence electrons. The van der Waals surface area contributed by atoms with Crippen molar-refractivity contribution in [2.24, 2.45) is 7.05 Å². The molecule has 0 aromatic carbocycles. The van der Waals surface area contributed by atoms with Crippen molar-refractivity contribution in [1.29, 1.82) is 0 Å². The van der Waals surface area contributed by atoms with Crippen LogP contribution in [0.2, 0.25) is 0 Å². The van der Waals surface area contributed by atoms with Crippen molar-refractivity contribution in [3.05, 3.63) is 46.0 Å². The molecular weight excluding hydrogens is 312 g/mol. The number of carbonyl (C=O) groups excluding carboxylic acids is 2. The van der Waals surface area contributed by atoms with Crippen molar-refractivity contribution in [3.8, 4) is 0 Å². The Morgan fingerprint density at radius 2 is 2.08 bits per heavy atom. The highest BCUT2D eigenvalue weighted by Gasteiger charge is 2.18. The van der Waals surface area contributed by atoms with Crippen LogP contribution in [0, 0.1) is 6.92 Å². The molecule has 0 radical (unpaired) electrons. The van der Waals surface area contributed by atoms with Crippen molar-refractivity contribution < 1.29 is 14.3 Å². The van der Waals surface area contributed by atoms with E-state index in [0.717, 1.165) is 5.56 Å². The lowest BCUT2D eigenvalue weighted by atomic mass is 10.3. The molecule has 3 rings (SSSR count). The van der Waals surface area contributed by atoms with Gasteiger partial charge in [0, 0.05) is 13.2 Å². The molecule has 24 heavy (non-hydrogen) atoms. The first-order valence-corrected chi connectivity index (χ1v) is 7.26. The average molecular weight is 328 g/mol. The van der Waals surface area contributed by atoms with Gasteiger partial charge in [-0.05, 0) is 24.6 Å². The van der Waals surface area contributed by atoms with Crippen LogP contribution in [0.15, 0.2) is 29.2 Å². The normalized spacial score (nSPS) is 11.0. The molecule has 1 N–H and O–H groups in total. The van der Waals surface area contributed by atoms with E-state index in [4.69, 9.17) is 0 Å². The second kappa shape index (κ2) is 5.80. The first kappa shape index (κ1) is 15.7. The van der Waals surface area contributed by atoms with Gasteiger partial charge in [-0.25, -0.2) is 4.98 Å². The minimum atomic E-state index is -0.554. The number of aromatic nitrogens is 3. The number of hydrogen-bond acceptors (Lipinski definition) is 5. The molecule has 0 bridgehead atoms. The fourth-order valence-electron chi connectivity index (χ4n) is 2.51. The van der Waals surface area contributed by atoms with Crippen LogP contribution in [-0.2, 0) is 16.6 Å². The molecule has 3 aromatic heterocycles. The Kier molecular flexibility index (Phi) is 3.80. The number of amides is 1. The molecule has 3 aromatic rings. The molecule has 0 fully saturated rings. The third kappa shape index (κ3) is 2.51. The first-order chi connectivity index (χ1) is 11.4. The van der Waals surface area contributed by atoms with Crippen LogP contribution < -0.4 is 10.9 Å². The van der Waals surface area contributed by atoms with E-state index in [9.17, 15) is 14.4 Å². The van der Waals surface area contributed by atoms with Gasteiger partial charge in [0.1, 0.15) is 23.5 Å². The Morgan fingerprint density at radius 1 is 1.33 bits per heavy atom. The van der Waals surface area contributed by atoms with Crippen LogP contribution in [0.5, 0.6) is 0 Å². The van der Waals surface area contributed by atoms with Crippen LogP contribution in [0.4, 0.5) is 0 Å². The van der Waals surface area contributed by atoms with Gasteiger partial charge < -0.3 is 14.6 Å². The maximum Gasteiger partial charge on any atom is 0.325 e. The monoisotopic (exact) mass is 328 g/mol. The first-order valence-electron chi connectivity index (χ1n) is 7.26. The molecule has 1 amide bonds. The maximum absolute atomic E-state index is 12.6. The largest absolute Gasteiger partial charge is 0.468 e. The summed E-state index contributed by atoms with van der Waals surface area (Å²) < 4.78 is 7.47. The van der Waals surface area contributed by atoms with E-state index in [-0.39, 0.29) is 17.8 Å². The lowest BCUT2D eigenvalue weighted by molar-refractivity contribution is -0.139. The van der Waals surface area contributed by atoms with E-state index >= 15 is 0 Å². The molecule has 0 atom stereocenters. The number of fused-ring (bicyclic) bond motifs is 2. The Hall–Kier alpha value is -3.16. The third-order valence-corrected chi connectivity index (χ3v) is 3.80. The van der Waals surface area contributed by atoms with Gasteiger partial charge in [0.15, 0.2) is 0 Å². The van der Waals surface area contributed by atoms with Crippen molar-refractivity contribution in [2.75, 3.05) is 13.7 Å². The number of pyridine rings is 1. The zero-order valence-electron chi connectivity index (χ0n) is 13.5. The Balaban J connectivity index is 2.11. The number of methoxy groups -OCH3 is 1. The van der Waals surface area contributed by atoms with Crippen molar-refractivity contribution in [2.45, 2.75) is 6.92 Å². The van der Waals surface area contributed by atoms with Crippen molar-refractivity contribution in [3.63, 3.8) is 0 Å². The van der Waals surface area contributed by atoms with Gasteiger partial charge in [-0.3, -0.25) is 18.8 Å². The molecule has 3 heterocycles. The average Bonchev–Trinajstić information content (AvgIpc) is 2.90. The SMILES string of the molecule is COC(=O)CNC(=O)c1cc2c(=O)n3cc(C)ccc3nc2n1C. The van der Waals surface area contributed by atoms with Crippen LogP contribution in [0.25, 0.3) is 16.7 Å². The summed E-state index contributed by atoms with van der Waals surface area (Å²) in [5, 5.41) is 2.79. The zero-order chi connectivity index (χ0) is 17.4. The molecular formula is C16H16N4O4. The quantitative estimate of drug-likeness (QED) is 0.702. The Bertz CT molecular complexity index is 1030. The zero-order valence-corrected chi connectivity index (χ0v) is 13.5. The maximum atomic E-state index is 12.6. The van der Waals surface area contributed by atoms with E-state index in [0.29, 0.717) is 16.7 Å². The minimum absolute atomic E-state index is 0.242. The standard InChI is InChI=1S/C16H16N4O4/c1-9-4-5-12-18-14-10(16(23)20(12)8-9)6-11(19(14)2)15(22)17-7-13(21)24-3/h4-6,8H,7H2,1-3H3,(H,17,22). The third-order valence-electron chi connectivity index (χ3n) is 3.80. The smallest absolute Gasteiger partial charge is 0.325 e. The highest BCUT2D eigenvalue weighted by Crippen LogP contribution is 2.15. The van der Waals surface area contributed by atoms with Gasteiger partial charge in [-0.1, -0.05) is 6.07 Å². The van der Waals surface area contributed by atoms with Gasteiger partial charge in [0.25, 0.3) is 11.5 Å². The summed E-state index contributed by atoms with van der Waals surface area (Å²) in [6, 6.07) is 5.09. The minimum Gasteiger partial charge on any atom is -0.468 e. The summed E-state index contributed by atoms with van der Waals surface area (Å²) in [5.74, 6) is -1.04. The number of hydrogen-bond donors (Lipinski definition) is 1. The molecule has 0 aliphatic rings. The van der Waals surface area contributed by atoms with Gasteiger partial charge in [-0.2, -0.15) is 0 Å². The number of nitrogens with zero attached hydrogens (tertiary/aromatic N) is 3. The van der Waals surface area contributed by atoms with Gasteiger partial charge in [-0.15, -0.1) is 0 Å². The molecule has 0 spiro atoms. The number of carbonyl (C=O) groups is 2. The Morgan fingerprint density at radius 3 is 2.79 bits per heavy atom. The summed E-state index contributed by atoms with van der Waals surface area (Å²) >= 11 is 0.